The highest BCUT2D eigenvalue weighted by Gasteiger charge is 2.25. The molecule has 0 fully saturated rings. The van der Waals surface area contributed by atoms with Crippen LogP contribution in [0.3, 0.4) is 0 Å². The highest BCUT2D eigenvalue weighted by atomic mass is 15.6. The van der Waals surface area contributed by atoms with Gasteiger partial charge >= 0.3 is 0 Å². The fourth-order valence-electron chi connectivity index (χ4n) is 8.11. The van der Waals surface area contributed by atoms with Crippen LogP contribution in [0.4, 0.5) is 11.4 Å². The molecule has 0 unspecified atom stereocenters. The number of pyridine rings is 2. The summed E-state index contributed by atoms with van der Waals surface area (Å²) in [6.07, 6.45) is 16.5. The summed E-state index contributed by atoms with van der Waals surface area (Å²) in [7, 11) is 0. The topological polar surface area (TPSA) is 34.0 Å². The number of nitrogens with zero attached hydrogens (tertiary/aromatic N) is 4. The number of benzene rings is 6. The van der Waals surface area contributed by atoms with Crippen LogP contribution < -0.4 is 5.01 Å². The van der Waals surface area contributed by atoms with Crippen LogP contribution in [0.2, 0.25) is 0 Å². The Bertz CT molecular complexity index is 2770. The third-order valence-corrected chi connectivity index (χ3v) is 10.8. The lowest BCUT2D eigenvalue weighted by molar-refractivity contribution is 0.885. The SMILES string of the molecule is C1=CC(c2ccc(-c3ccccc3)c3c4cc(-c5ccccc5)ccc4n(N(c4ccc(-c5ccncc5)cc4)c4ccc(-c5ccncc5)cc4)c23)=CCC1. The third-order valence-electron chi connectivity index (χ3n) is 10.8. The molecule has 0 atom stereocenters. The van der Waals surface area contributed by atoms with Gasteiger partial charge in [0.15, 0.2) is 0 Å². The van der Waals surface area contributed by atoms with E-state index in [4.69, 9.17) is 0 Å². The Morgan fingerprint density at radius 3 is 1.54 bits per heavy atom. The number of anilines is 2. The summed E-state index contributed by atoms with van der Waals surface area (Å²) in [5.41, 5.74) is 16.2. The van der Waals surface area contributed by atoms with Crippen molar-refractivity contribution in [2.45, 2.75) is 12.8 Å². The number of aromatic nitrogens is 3. The van der Waals surface area contributed by atoms with Crippen molar-refractivity contribution in [3.05, 3.63) is 212 Å². The molecule has 1 aliphatic carbocycles. The molecule has 0 saturated heterocycles. The van der Waals surface area contributed by atoms with E-state index in [1.165, 1.54) is 49.7 Å². The molecule has 10 rings (SSSR count). The average molecular weight is 719 g/mol. The molecule has 1 aliphatic rings. The standard InChI is InChI=1S/C52H38N4/c1-4-10-37(11-5-1)44-20-27-50-49(36-44)51-47(42-12-6-2-7-13-42)25-26-48(43-14-8-3-9-15-43)52(51)56(50)55(45-21-16-38(17-22-45)40-28-32-53-33-29-40)46-23-18-39(19-24-46)41-30-34-54-35-31-41/h1-2,4-8,10-36H,3,9H2. The number of rotatable bonds is 8. The Labute approximate surface area is 327 Å². The van der Waals surface area contributed by atoms with Crippen LogP contribution in [0.15, 0.2) is 207 Å². The summed E-state index contributed by atoms with van der Waals surface area (Å²) in [4.78, 5) is 8.51. The minimum Gasteiger partial charge on any atom is -0.265 e. The fraction of sp³-hybridized carbons (Fsp3) is 0.0385. The first kappa shape index (κ1) is 33.3. The number of fused-ring (bicyclic) bond motifs is 3. The Balaban J connectivity index is 1.30. The number of hydrogen-bond donors (Lipinski definition) is 0. The van der Waals surface area contributed by atoms with Gasteiger partial charge in [0, 0.05) is 41.1 Å². The quantitative estimate of drug-likeness (QED) is 0.157. The van der Waals surface area contributed by atoms with Gasteiger partial charge in [-0.05, 0) is 124 Å². The van der Waals surface area contributed by atoms with Crippen LogP contribution in [-0.2, 0) is 0 Å². The number of allylic oxidation sites excluding steroid dienone is 4. The van der Waals surface area contributed by atoms with E-state index >= 15 is 0 Å². The summed E-state index contributed by atoms with van der Waals surface area (Å²) < 4.78 is 2.47. The van der Waals surface area contributed by atoms with Crippen LogP contribution in [0.1, 0.15) is 18.4 Å². The first-order chi connectivity index (χ1) is 27.8. The lowest BCUT2D eigenvalue weighted by Gasteiger charge is -2.29. The predicted molar refractivity (Wildman–Crippen MR) is 234 cm³/mol. The van der Waals surface area contributed by atoms with Gasteiger partial charge < -0.3 is 0 Å². The zero-order valence-electron chi connectivity index (χ0n) is 30.8. The smallest absolute Gasteiger partial charge is 0.0800 e. The second kappa shape index (κ2) is 14.5. The Hall–Kier alpha value is -7.30. The molecule has 6 aromatic carbocycles. The molecule has 0 aliphatic heterocycles. The highest BCUT2D eigenvalue weighted by molar-refractivity contribution is 6.19. The molecule has 0 spiro atoms. The first-order valence-electron chi connectivity index (χ1n) is 19.2. The van der Waals surface area contributed by atoms with E-state index in [1.807, 2.05) is 24.8 Å². The second-order valence-electron chi connectivity index (χ2n) is 14.2. The summed E-state index contributed by atoms with van der Waals surface area (Å²) in [5.74, 6) is 0. The minimum atomic E-state index is 1.02. The first-order valence-corrected chi connectivity index (χ1v) is 19.2. The van der Waals surface area contributed by atoms with E-state index in [0.717, 1.165) is 52.0 Å². The van der Waals surface area contributed by atoms with Gasteiger partial charge in [0.25, 0.3) is 0 Å². The van der Waals surface area contributed by atoms with Crippen molar-refractivity contribution >= 4 is 38.8 Å². The van der Waals surface area contributed by atoms with Gasteiger partial charge in [-0.1, -0.05) is 121 Å². The summed E-state index contributed by atoms with van der Waals surface area (Å²) in [6, 6.07) is 59.2. The van der Waals surface area contributed by atoms with Gasteiger partial charge in [-0.25, -0.2) is 9.69 Å². The molecule has 4 nitrogen and oxygen atoms in total. The third kappa shape index (κ3) is 6.08. The van der Waals surface area contributed by atoms with Crippen molar-refractivity contribution in [2.24, 2.45) is 0 Å². The highest BCUT2D eigenvalue weighted by Crippen LogP contribution is 2.45. The number of hydrogen-bond acceptors (Lipinski definition) is 3. The van der Waals surface area contributed by atoms with E-state index < -0.39 is 0 Å². The molecular formula is C52H38N4. The van der Waals surface area contributed by atoms with Gasteiger partial charge in [-0.15, -0.1) is 0 Å². The van der Waals surface area contributed by atoms with E-state index in [0.29, 0.717) is 0 Å². The molecule has 9 aromatic rings. The zero-order chi connectivity index (χ0) is 37.3. The Morgan fingerprint density at radius 1 is 0.446 bits per heavy atom. The molecule has 3 aromatic heterocycles. The maximum Gasteiger partial charge on any atom is 0.0800 e. The summed E-state index contributed by atoms with van der Waals surface area (Å²) in [5, 5.41) is 4.83. The molecule has 0 amide bonds. The van der Waals surface area contributed by atoms with E-state index in [-0.39, 0.29) is 0 Å². The van der Waals surface area contributed by atoms with Gasteiger partial charge in [-0.2, -0.15) is 0 Å². The molecular weight excluding hydrogens is 681 g/mol. The van der Waals surface area contributed by atoms with Crippen molar-refractivity contribution in [1.82, 2.24) is 14.6 Å². The normalized spacial score (nSPS) is 12.5. The van der Waals surface area contributed by atoms with E-state index in [2.05, 4.69) is 202 Å². The molecule has 266 valence electrons. The van der Waals surface area contributed by atoms with Crippen LogP contribution >= 0.6 is 0 Å². The van der Waals surface area contributed by atoms with Crippen LogP contribution in [0.25, 0.3) is 71.9 Å². The van der Waals surface area contributed by atoms with Gasteiger partial charge in [0.1, 0.15) is 0 Å². The Morgan fingerprint density at radius 2 is 0.964 bits per heavy atom. The molecule has 0 N–H and O–H groups in total. The van der Waals surface area contributed by atoms with Crippen molar-refractivity contribution < 1.29 is 0 Å². The summed E-state index contributed by atoms with van der Waals surface area (Å²) >= 11 is 0. The van der Waals surface area contributed by atoms with Crippen LogP contribution in [0.5, 0.6) is 0 Å². The second-order valence-corrected chi connectivity index (χ2v) is 14.2. The molecule has 3 heterocycles. The lowest BCUT2D eigenvalue weighted by Crippen LogP contribution is -2.24. The van der Waals surface area contributed by atoms with Crippen molar-refractivity contribution in [3.8, 4) is 44.5 Å². The van der Waals surface area contributed by atoms with Crippen molar-refractivity contribution in [1.29, 1.82) is 0 Å². The fourth-order valence-corrected chi connectivity index (χ4v) is 8.11. The zero-order valence-corrected chi connectivity index (χ0v) is 30.8. The van der Waals surface area contributed by atoms with Gasteiger partial charge in [0.2, 0.25) is 0 Å². The maximum absolute atomic E-state index is 4.25. The molecule has 0 bridgehead atoms. The van der Waals surface area contributed by atoms with Crippen LogP contribution in [0, 0.1) is 0 Å². The largest absolute Gasteiger partial charge is 0.265 e. The molecule has 56 heavy (non-hydrogen) atoms. The van der Waals surface area contributed by atoms with Gasteiger partial charge in [-0.3, -0.25) is 9.97 Å². The van der Waals surface area contributed by atoms with Crippen molar-refractivity contribution in [2.75, 3.05) is 5.01 Å². The van der Waals surface area contributed by atoms with E-state index in [1.54, 1.807) is 0 Å². The van der Waals surface area contributed by atoms with Gasteiger partial charge in [0.05, 0.1) is 22.4 Å². The summed E-state index contributed by atoms with van der Waals surface area (Å²) in [6.45, 7) is 0. The van der Waals surface area contributed by atoms with Crippen molar-refractivity contribution in [3.63, 3.8) is 0 Å². The molecule has 0 saturated carbocycles. The Kier molecular flexibility index (Phi) is 8.62. The van der Waals surface area contributed by atoms with Crippen LogP contribution in [-0.4, -0.2) is 14.6 Å². The minimum absolute atomic E-state index is 1.02. The monoisotopic (exact) mass is 718 g/mol. The predicted octanol–water partition coefficient (Wildman–Crippen LogP) is 13.6. The lowest BCUT2D eigenvalue weighted by atomic mass is 9.92. The van der Waals surface area contributed by atoms with E-state index in [9.17, 15) is 0 Å². The maximum atomic E-state index is 4.25. The average Bonchev–Trinajstić information content (AvgIpc) is 3.62. The molecule has 0 radical (unpaired) electrons. The molecule has 4 heteroatoms.